The number of rotatable bonds is 9. The van der Waals surface area contributed by atoms with Gasteiger partial charge in [-0.3, -0.25) is 4.79 Å². The summed E-state index contributed by atoms with van der Waals surface area (Å²) in [4.78, 5) is 12.0. The van der Waals surface area contributed by atoms with E-state index in [9.17, 15) is 4.79 Å². The van der Waals surface area contributed by atoms with E-state index in [1.165, 1.54) is 11.8 Å². The topological polar surface area (TPSA) is 82.2 Å². The fourth-order valence-electron chi connectivity index (χ4n) is 2.58. The molecule has 0 aliphatic carbocycles. The van der Waals surface area contributed by atoms with E-state index in [1.54, 1.807) is 19.4 Å². The first kappa shape index (κ1) is 19.0. The van der Waals surface area contributed by atoms with Crippen LogP contribution in [0.1, 0.15) is 24.1 Å². The lowest BCUT2D eigenvalue weighted by molar-refractivity contribution is -0.118. The molecule has 0 spiro atoms. The Hall–Kier alpha value is -2.74. The molecule has 0 saturated carbocycles. The molecule has 27 heavy (non-hydrogen) atoms. The second kappa shape index (κ2) is 9.27. The Labute approximate surface area is 162 Å². The highest BCUT2D eigenvalue weighted by atomic mass is 32.2. The molecule has 2 aromatic heterocycles. The number of methoxy groups -OCH3 is 1. The lowest BCUT2D eigenvalue weighted by Gasteiger charge is -2.08. The van der Waals surface area contributed by atoms with Gasteiger partial charge in [0.05, 0.1) is 25.7 Å². The summed E-state index contributed by atoms with van der Waals surface area (Å²) < 4.78 is 12.4. The number of ether oxygens (including phenoxy) is 1. The van der Waals surface area contributed by atoms with E-state index in [0.717, 1.165) is 34.6 Å². The Morgan fingerprint density at radius 2 is 2.07 bits per heavy atom. The van der Waals surface area contributed by atoms with Crippen molar-refractivity contribution in [2.45, 2.75) is 31.6 Å². The monoisotopic (exact) mass is 386 g/mol. The number of nitrogens with one attached hydrogen (secondary N) is 1. The molecule has 1 N–H and O–H groups in total. The summed E-state index contributed by atoms with van der Waals surface area (Å²) in [6, 6.07) is 11.5. The van der Waals surface area contributed by atoms with Gasteiger partial charge in [-0.05, 0) is 36.8 Å². The molecule has 142 valence electrons. The summed E-state index contributed by atoms with van der Waals surface area (Å²) in [6.07, 6.45) is 2.26. The molecule has 0 fully saturated rings. The van der Waals surface area contributed by atoms with Gasteiger partial charge in [0.25, 0.3) is 0 Å². The van der Waals surface area contributed by atoms with Crippen LogP contribution in [0.5, 0.6) is 5.75 Å². The molecule has 0 aliphatic heterocycles. The van der Waals surface area contributed by atoms with Crippen molar-refractivity contribution in [1.82, 2.24) is 20.1 Å². The van der Waals surface area contributed by atoms with Crippen LogP contribution in [0, 0.1) is 0 Å². The van der Waals surface area contributed by atoms with E-state index in [0.29, 0.717) is 13.0 Å². The third-order valence-corrected chi connectivity index (χ3v) is 4.97. The van der Waals surface area contributed by atoms with Gasteiger partial charge in [0.2, 0.25) is 5.91 Å². The standard InChI is InChI=1S/C19H22N4O3S/c1-3-23-17(11-14-6-8-15(25-2)9-7-14)21-22-19(23)27-13-18(24)20-12-16-5-4-10-26-16/h4-10H,3,11-13H2,1-2H3,(H,20,24). The van der Waals surface area contributed by atoms with Gasteiger partial charge in [-0.15, -0.1) is 10.2 Å². The van der Waals surface area contributed by atoms with Gasteiger partial charge in [-0.1, -0.05) is 23.9 Å². The maximum atomic E-state index is 12.0. The molecule has 0 aliphatic rings. The van der Waals surface area contributed by atoms with Gasteiger partial charge < -0.3 is 19.0 Å². The second-order valence-corrected chi connectivity index (χ2v) is 6.76. The normalized spacial score (nSPS) is 10.7. The predicted molar refractivity (Wildman–Crippen MR) is 103 cm³/mol. The van der Waals surface area contributed by atoms with Crippen molar-refractivity contribution in [3.05, 3.63) is 59.8 Å². The molecule has 0 unspecified atom stereocenters. The minimum absolute atomic E-state index is 0.0706. The maximum absolute atomic E-state index is 12.0. The molecule has 0 saturated heterocycles. The van der Waals surface area contributed by atoms with Crippen LogP contribution in [0.15, 0.2) is 52.2 Å². The molecular formula is C19H22N4O3S. The molecular weight excluding hydrogens is 364 g/mol. The molecule has 3 rings (SSSR count). The molecule has 0 radical (unpaired) electrons. The predicted octanol–water partition coefficient (Wildman–Crippen LogP) is 2.90. The molecule has 3 aromatic rings. The van der Waals surface area contributed by atoms with Crippen molar-refractivity contribution < 1.29 is 13.9 Å². The fraction of sp³-hybridized carbons (Fsp3) is 0.316. The number of benzene rings is 1. The zero-order valence-electron chi connectivity index (χ0n) is 15.3. The molecule has 2 heterocycles. The molecule has 1 aromatic carbocycles. The van der Waals surface area contributed by atoms with Gasteiger partial charge in [0.15, 0.2) is 5.16 Å². The van der Waals surface area contributed by atoms with Crippen LogP contribution >= 0.6 is 11.8 Å². The number of carbonyl (C=O) groups excluding carboxylic acids is 1. The van der Waals surface area contributed by atoms with Crippen molar-refractivity contribution in [1.29, 1.82) is 0 Å². The highest BCUT2D eigenvalue weighted by Gasteiger charge is 2.14. The van der Waals surface area contributed by atoms with Crippen LogP contribution in [0.2, 0.25) is 0 Å². The minimum atomic E-state index is -0.0706. The molecule has 0 bridgehead atoms. The smallest absolute Gasteiger partial charge is 0.230 e. The third kappa shape index (κ3) is 5.13. The third-order valence-electron chi connectivity index (χ3n) is 4.00. The average molecular weight is 386 g/mol. The quantitative estimate of drug-likeness (QED) is 0.570. The lowest BCUT2D eigenvalue weighted by atomic mass is 10.1. The number of hydrogen-bond acceptors (Lipinski definition) is 6. The molecule has 7 nitrogen and oxygen atoms in total. The number of thioether (sulfide) groups is 1. The Kier molecular flexibility index (Phi) is 6.54. The second-order valence-electron chi connectivity index (χ2n) is 5.81. The van der Waals surface area contributed by atoms with Gasteiger partial charge in [-0.2, -0.15) is 0 Å². The van der Waals surface area contributed by atoms with Gasteiger partial charge in [0.1, 0.15) is 17.3 Å². The number of hydrogen-bond donors (Lipinski definition) is 1. The van der Waals surface area contributed by atoms with Crippen LogP contribution in [0.3, 0.4) is 0 Å². The van der Waals surface area contributed by atoms with Gasteiger partial charge in [-0.25, -0.2) is 0 Å². The Bertz CT molecular complexity index is 860. The average Bonchev–Trinajstić information content (AvgIpc) is 3.35. The SMILES string of the molecule is CCn1c(Cc2ccc(OC)cc2)nnc1SCC(=O)NCc1ccco1. The first-order chi connectivity index (χ1) is 13.2. The summed E-state index contributed by atoms with van der Waals surface area (Å²) in [6.45, 7) is 3.17. The summed E-state index contributed by atoms with van der Waals surface area (Å²) in [5, 5.41) is 12.1. The fourth-order valence-corrected chi connectivity index (χ4v) is 3.43. The molecule has 8 heteroatoms. The van der Waals surface area contributed by atoms with Crippen molar-refractivity contribution in [2.24, 2.45) is 0 Å². The van der Waals surface area contributed by atoms with E-state index in [2.05, 4.69) is 15.5 Å². The van der Waals surface area contributed by atoms with E-state index < -0.39 is 0 Å². The first-order valence-corrected chi connectivity index (χ1v) is 9.65. The van der Waals surface area contributed by atoms with Crippen LogP contribution in [0.25, 0.3) is 0 Å². The Balaban J connectivity index is 1.57. The zero-order chi connectivity index (χ0) is 19.1. The summed E-state index contributed by atoms with van der Waals surface area (Å²) >= 11 is 1.38. The largest absolute Gasteiger partial charge is 0.497 e. The van der Waals surface area contributed by atoms with Crippen LogP contribution in [-0.2, 0) is 24.3 Å². The number of nitrogens with zero attached hydrogens (tertiary/aromatic N) is 3. The first-order valence-electron chi connectivity index (χ1n) is 8.66. The van der Waals surface area contributed by atoms with Crippen LogP contribution in [0.4, 0.5) is 0 Å². The minimum Gasteiger partial charge on any atom is -0.497 e. The van der Waals surface area contributed by atoms with E-state index in [4.69, 9.17) is 9.15 Å². The number of carbonyl (C=O) groups is 1. The van der Waals surface area contributed by atoms with Crippen LogP contribution < -0.4 is 10.1 Å². The van der Waals surface area contributed by atoms with Crippen molar-refractivity contribution in [2.75, 3.05) is 12.9 Å². The summed E-state index contributed by atoms with van der Waals surface area (Å²) in [7, 11) is 1.65. The lowest BCUT2D eigenvalue weighted by Crippen LogP contribution is -2.24. The highest BCUT2D eigenvalue weighted by molar-refractivity contribution is 7.99. The van der Waals surface area contributed by atoms with Crippen LogP contribution in [-0.4, -0.2) is 33.5 Å². The van der Waals surface area contributed by atoms with Crippen molar-refractivity contribution >= 4 is 17.7 Å². The van der Waals surface area contributed by atoms with E-state index >= 15 is 0 Å². The van der Waals surface area contributed by atoms with Crippen molar-refractivity contribution in [3.8, 4) is 5.75 Å². The highest BCUT2D eigenvalue weighted by Crippen LogP contribution is 2.20. The number of furan rings is 1. The number of amides is 1. The van der Waals surface area contributed by atoms with Crippen molar-refractivity contribution in [3.63, 3.8) is 0 Å². The zero-order valence-corrected chi connectivity index (χ0v) is 16.2. The van der Waals surface area contributed by atoms with E-state index in [1.807, 2.05) is 41.8 Å². The summed E-state index contributed by atoms with van der Waals surface area (Å²) in [5.74, 6) is 2.64. The van der Waals surface area contributed by atoms with Gasteiger partial charge in [0, 0.05) is 13.0 Å². The Morgan fingerprint density at radius 1 is 1.26 bits per heavy atom. The molecule has 0 atom stereocenters. The van der Waals surface area contributed by atoms with Gasteiger partial charge >= 0.3 is 0 Å². The maximum Gasteiger partial charge on any atom is 0.230 e. The van der Waals surface area contributed by atoms with E-state index in [-0.39, 0.29) is 11.7 Å². The summed E-state index contributed by atoms with van der Waals surface area (Å²) in [5.41, 5.74) is 1.13. The Morgan fingerprint density at radius 3 is 2.74 bits per heavy atom. The molecule has 1 amide bonds. The number of aromatic nitrogens is 3.